The van der Waals surface area contributed by atoms with Gasteiger partial charge >= 0.3 is 0 Å². The van der Waals surface area contributed by atoms with E-state index in [9.17, 15) is 0 Å². The minimum atomic E-state index is 0.298. The second-order valence-corrected chi connectivity index (χ2v) is 7.13. The van der Waals surface area contributed by atoms with Crippen LogP contribution < -0.4 is 10.2 Å². The van der Waals surface area contributed by atoms with Crippen LogP contribution in [0.3, 0.4) is 0 Å². The van der Waals surface area contributed by atoms with Gasteiger partial charge in [0.2, 0.25) is 0 Å². The highest BCUT2D eigenvalue weighted by atomic mass is 79.9. The second kappa shape index (κ2) is 7.20. The SMILES string of the molecule is CCNC(C)c1ccc(N(C)Cc2csc(Br)c2)cn1. The first-order valence-electron chi connectivity index (χ1n) is 6.73. The zero-order valence-corrected chi connectivity index (χ0v) is 14.5. The maximum atomic E-state index is 4.55. The Labute approximate surface area is 133 Å². The van der Waals surface area contributed by atoms with Crippen molar-refractivity contribution in [3.63, 3.8) is 0 Å². The molecule has 0 aromatic carbocycles. The molecule has 2 aromatic heterocycles. The molecule has 0 saturated heterocycles. The molecule has 2 heterocycles. The molecule has 0 saturated carbocycles. The molecule has 1 unspecified atom stereocenters. The van der Waals surface area contributed by atoms with E-state index in [4.69, 9.17) is 0 Å². The molecular weight excluding hydrogens is 334 g/mol. The molecule has 0 radical (unpaired) electrons. The first-order chi connectivity index (χ1) is 9.60. The minimum absolute atomic E-state index is 0.298. The lowest BCUT2D eigenvalue weighted by molar-refractivity contribution is 0.583. The van der Waals surface area contributed by atoms with Gasteiger partial charge in [0.1, 0.15) is 0 Å². The third kappa shape index (κ3) is 4.04. The molecule has 0 aliphatic rings. The van der Waals surface area contributed by atoms with Crippen molar-refractivity contribution in [2.45, 2.75) is 26.4 Å². The lowest BCUT2D eigenvalue weighted by Crippen LogP contribution is -2.20. The summed E-state index contributed by atoms with van der Waals surface area (Å²) < 4.78 is 1.17. The highest BCUT2D eigenvalue weighted by molar-refractivity contribution is 9.11. The number of hydrogen-bond donors (Lipinski definition) is 1. The van der Waals surface area contributed by atoms with Crippen molar-refractivity contribution in [1.29, 1.82) is 0 Å². The molecule has 0 spiro atoms. The van der Waals surface area contributed by atoms with Crippen molar-refractivity contribution in [1.82, 2.24) is 10.3 Å². The Balaban J connectivity index is 2.01. The standard InChI is InChI=1S/C15H20BrN3S/c1-4-17-11(2)14-6-5-13(8-18-14)19(3)9-12-7-15(16)20-10-12/h5-8,10-11,17H,4,9H2,1-3H3. The van der Waals surface area contributed by atoms with Crippen LogP contribution in [-0.2, 0) is 6.54 Å². The van der Waals surface area contributed by atoms with Crippen molar-refractivity contribution >= 4 is 33.0 Å². The Kier molecular flexibility index (Phi) is 5.57. The van der Waals surface area contributed by atoms with Gasteiger partial charge < -0.3 is 10.2 Å². The van der Waals surface area contributed by atoms with E-state index in [1.54, 1.807) is 11.3 Å². The Morgan fingerprint density at radius 1 is 1.45 bits per heavy atom. The predicted octanol–water partition coefficient (Wildman–Crippen LogP) is 4.21. The first-order valence-corrected chi connectivity index (χ1v) is 8.40. The fourth-order valence-corrected chi connectivity index (χ4v) is 3.28. The van der Waals surface area contributed by atoms with Gasteiger partial charge in [-0.05, 0) is 58.5 Å². The molecule has 2 aromatic rings. The van der Waals surface area contributed by atoms with Crippen LogP contribution in [0.5, 0.6) is 0 Å². The van der Waals surface area contributed by atoms with E-state index < -0.39 is 0 Å². The van der Waals surface area contributed by atoms with Crippen LogP contribution in [0.15, 0.2) is 33.6 Å². The fourth-order valence-electron chi connectivity index (χ4n) is 2.08. The number of nitrogens with zero attached hydrogens (tertiary/aromatic N) is 2. The molecule has 1 N–H and O–H groups in total. The Bertz CT molecular complexity index is 538. The minimum Gasteiger partial charge on any atom is -0.369 e. The van der Waals surface area contributed by atoms with E-state index in [0.717, 1.165) is 24.5 Å². The number of nitrogens with one attached hydrogen (secondary N) is 1. The number of halogens is 1. The van der Waals surface area contributed by atoms with E-state index in [1.807, 2.05) is 6.20 Å². The van der Waals surface area contributed by atoms with Crippen LogP contribution in [0.4, 0.5) is 5.69 Å². The van der Waals surface area contributed by atoms with Gasteiger partial charge in [-0.2, -0.15) is 0 Å². The molecule has 0 aliphatic heterocycles. The number of rotatable bonds is 6. The zero-order chi connectivity index (χ0) is 14.5. The van der Waals surface area contributed by atoms with E-state index in [1.165, 1.54) is 9.35 Å². The van der Waals surface area contributed by atoms with Gasteiger partial charge in [-0.3, -0.25) is 4.98 Å². The second-order valence-electron chi connectivity index (χ2n) is 4.84. The van der Waals surface area contributed by atoms with E-state index >= 15 is 0 Å². The summed E-state index contributed by atoms with van der Waals surface area (Å²) in [6.45, 7) is 6.10. The summed E-state index contributed by atoms with van der Waals surface area (Å²) in [4.78, 5) is 6.77. The number of anilines is 1. The summed E-state index contributed by atoms with van der Waals surface area (Å²) in [5.74, 6) is 0. The molecular formula is C15H20BrN3S. The van der Waals surface area contributed by atoms with Gasteiger partial charge in [0.25, 0.3) is 0 Å². The fraction of sp³-hybridized carbons (Fsp3) is 0.400. The molecule has 5 heteroatoms. The highest BCUT2D eigenvalue weighted by Gasteiger charge is 2.08. The van der Waals surface area contributed by atoms with Gasteiger partial charge in [-0.25, -0.2) is 0 Å². The maximum absolute atomic E-state index is 4.55. The lowest BCUT2D eigenvalue weighted by Gasteiger charge is -2.19. The van der Waals surface area contributed by atoms with Crippen molar-refractivity contribution in [2.75, 3.05) is 18.5 Å². The Hall–Kier alpha value is -0.910. The Morgan fingerprint density at radius 2 is 2.25 bits per heavy atom. The molecule has 3 nitrogen and oxygen atoms in total. The van der Waals surface area contributed by atoms with E-state index in [-0.39, 0.29) is 0 Å². The van der Waals surface area contributed by atoms with Crippen LogP contribution in [0.25, 0.3) is 0 Å². The van der Waals surface area contributed by atoms with Gasteiger partial charge in [-0.15, -0.1) is 11.3 Å². The number of pyridine rings is 1. The monoisotopic (exact) mass is 353 g/mol. The molecule has 0 bridgehead atoms. The molecule has 1 atom stereocenters. The number of hydrogen-bond acceptors (Lipinski definition) is 4. The van der Waals surface area contributed by atoms with Crippen molar-refractivity contribution in [3.8, 4) is 0 Å². The van der Waals surface area contributed by atoms with Crippen molar-refractivity contribution in [2.24, 2.45) is 0 Å². The summed E-state index contributed by atoms with van der Waals surface area (Å²) in [6.07, 6.45) is 1.95. The summed E-state index contributed by atoms with van der Waals surface area (Å²) in [5.41, 5.74) is 3.54. The third-order valence-electron chi connectivity index (χ3n) is 3.21. The number of thiophene rings is 1. The normalized spacial score (nSPS) is 12.4. The van der Waals surface area contributed by atoms with Crippen LogP contribution in [0.1, 0.15) is 31.1 Å². The van der Waals surface area contributed by atoms with Crippen molar-refractivity contribution < 1.29 is 0 Å². The van der Waals surface area contributed by atoms with E-state index in [0.29, 0.717) is 6.04 Å². The van der Waals surface area contributed by atoms with Gasteiger partial charge in [0.15, 0.2) is 0 Å². The summed E-state index contributed by atoms with van der Waals surface area (Å²) in [6, 6.07) is 6.70. The average molecular weight is 354 g/mol. The van der Waals surface area contributed by atoms with E-state index in [2.05, 4.69) is 75.6 Å². The quantitative estimate of drug-likeness (QED) is 0.842. The average Bonchev–Trinajstić information content (AvgIpc) is 2.84. The first kappa shape index (κ1) is 15.5. The van der Waals surface area contributed by atoms with Crippen molar-refractivity contribution in [3.05, 3.63) is 44.8 Å². The van der Waals surface area contributed by atoms with Gasteiger partial charge in [0, 0.05) is 19.6 Å². The molecule has 0 fully saturated rings. The Morgan fingerprint density at radius 3 is 2.80 bits per heavy atom. The smallest absolute Gasteiger partial charge is 0.0701 e. The number of aromatic nitrogens is 1. The molecule has 0 aliphatic carbocycles. The summed E-state index contributed by atoms with van der Waals surface area (Å²) >= 11 is 5.22. The topological polar surface area (TPSA) is 28.2 Å². The predicted molar refractivity (Wildman–Crippen MR) is 90.5 cm³/mol. The van der Waals surface area contributed by atoms with Crippen LogP contribution in [0, 0.1) is 0 Å². The zero-order valence-electron chi connectivity index (χ0n) is 12.1. The molecule has 0 amide bonds. The molecule has 2 rings (SSSR count). The third-order valence-corrected chi connectivity index (χ3v) is 4.76. The largest absolute Gasteiger partial charge is 0.369 e. The summed E-state index contributed by atoms with van der Waals surface area (Å²) in [7, 11) is 2.09. The highest BCUT2D eigenvalue weighted by Crippen LogP contribution is 2.23. The maximum Gasteiger partial charge on any atom is 0.0701 e. The van der Waals surface area contributed by atoms with Gasteiger partial charge in [0.05, 0.1) is 21.4 Å². The molecule has 108 valence electrons. The van der Waals surface area contributed by atoms with Gasteiger partial charge in [-0.1, -0.05) is 6.92 Å². The molecule has 20 heavy (non-hydrogen) atoms. The van der Waals surface area contributed by atoms with Crippen LogP contribution in [-0.4, -0.2) is 18.6 Å². The summed E-state index contributed by atoms with van der Waals surface area (Å²) in [5, 5.41) is 5.55. The lowest BCUT2D eigenvalue weighted by atomic mass is 10.2. The van der Waals surface area contributed by atoms with Crippen LogP contribution in [0.2, 0.25) is 0 Å². The van der Waals surface area contributed by atoms with Crippen LogP contribution >= 0.6 is 27.3 Å².